The molecule has 64 valence electrons. The van der Waals surface area contributed by atoms with Crippen LogP contribution in [0.2, 0.25) is 0 Å². The van der Waals surface area contributed by atoms with E-state index in [4.69, 9.17) is 5.11 Å². The molecule has 1 rings (SSSR count). The first-order valence-electron chi connectivity index (χ1n) is 3.44. The number of halogens is 2. The van der Waals surface area contributed by atoms with Crippen LogP contribution in [0.1, 0.15) is 5.56 Å². The quantitative estimate of drug-likeness (QED) is 0.776. The summed E-state index contributed by atoms with van der Waals surface area (Å²) in [5.74, 6) is -0.478. The normalized spacial score (nSPS) is 10.8. The van der Waals surface area contributed by atoms with Gasteiger partial charge in [0.2, 0.25) is 0 Å². The van der Waals surface area contributed by atoms with Crippen LogP contribution in [0.25, 0.3) is 6.08 Å². The lowest BCUT2D eigenvalue weighted by molar-refractivity contribution is 0.469. The molecular weight excluding hydrogens is 223 g/mol. The van der Waals surface area contributed by atoms with Gasteiger partial charge in [-0.25, -0.2) is 4.39 Å². The minimum Gasteiger partial charge on any atom is -0.508 e. The lowest BCUT2D eigenvalue weighted by atomic mass is 10.2. The highest BCUT2D eigenvalue weighted by atomic mass is 79.9. The second kappa shape index (κ2) is 4.26. The minimum atomic E-state index is -0.427. The monoisotopic (exact) mass is 230 g/mol. The molecule has 1 N–H and O–H groups in total. The van der Waals surface area contributed by atoms with Crippen LogP contribution in [-0.2, 0) is 0 Å². The number of allylic oxidation sites excluding steroid dienone is 1. The molecule has 0 radical (unpaired) electrons. The second-order valence-electron chi connectivity index (χ2n) is 2.30. The number of phenolic OH excluding ortho intramolecular Hbond substituents is 1. The lowest BCUT2D eigenvalue weighted by Crippen LogP contribution is -1.77. The summed E-state index contributed by atoms with van der Waals surface area (Å²) in [5, 5.41) is 9.72. The molecule has 12 heavy (non-hydrogen) atoms. The van der Waals surface area contributed by atoms with Crippen LogP contribution in [0, 0.1) is 5.82 Å². The third-order valence-corrected chi connectivity index (χ3v) is 1.68. The number of aromatic hydroxyl groups is 1. The third-order valence-electron chi connectivity index (χ3n) is 1.30. The fourth-order valence-corrected chi connectivity index (χ4v) is 1.06. The van der Waals surface area contributed by atoms with Gasteiger partial charge in [0.1, 0.15) is 11.6 Å². The average molecular weight is 231 g/mol. The fourth-order valence-electron chi connectivity index (χ4n) is 0.873. The van der Waals surface area contributed by atoms with Crippen molar-refractivity contribution in [3.8, 4) is 5.75 Å². The molecular formula is C9H8BrFO. The van der Waals surface area contributed by atoms with Crippen molar-refractivity contribution in [2.24, 2.45) is 0 Å². The summed E-state index contributed by atoms with van der Waals surface area (Å²) >= 11 is 3.20. The van der Waals surface area contributed by atoms with Gasteiger partial charge in [-0.15, -0.1) is 0 Å². The maximum absolute atomic E-state index is 12.6. The molecule has 1 aromatic rings. The topological polar surface area (TPSA) is 20.2 Å². The third kappa shape index (κ3) is 2.66. The number of rotatable bonds is 2. The van der Waals surface area contributed by atoms with Crippen molar-refractivity contribution in [2.75, 3.05) is 5.33 Å². The number of benzene rings is 1. The summed E-state index contributed by atoms with van der Waals surface area (Å²) in [7, 11) is 0. The minimum absolute atomic E-state index is 0.0516. The van der Waals surface area contributed by atoms with Gasteiger partial charge in [-0.05, 0) is 17.7 Å². The van der Waals surface area contributed by atoms with Crippen LogP contribution in [0.5, 0.6) is 5.75 Å². The molecule has 3 heteroatoms. The van der Waals surface area contributed by atoms with Gasteiger partial charge < -0.3 is 5.11 Å². The zero-order valence-corrected chi connectivity index (χ0v) is 7.88. The molecule has 0 saturated heterocycles. The van der Waals surface area contributed by atoms with Crippen LogP contribution in [-0.4, -0.2) is 10.4 Å². The first-order valence-corrected chi connectivity index (χ1v) is 4.56. The molecule has 0 spiro atoms. The fraction of sp³-hybridized carbons (Fsp3) is 0.111. The highest BCUT2D eigenvalue weighted by Gasteiger charge is 1.95. The molecule has 1 aromatic carbocycles. The molecule has 0 heterocycles. The molecule has 0 amide bonds. The smallest absolute Gasteiger partial charge is 0.127 e. The summed E-state index contributed by atoms with van der Waals surface area (Å²) in [6, 6.07) is 3.94. The number of hydrogen-bond acceptors (Lipinski definition) is 1. The van der Waals surface area contributed by atoms with Crippen LogP contribution in [0.3, 0.4) is 0 Å². The summed E-state index contributed by atoms with van der Waals surface area (Å²) in [6.07, 6.45) is 3.56. The van der Waals surface area contributed by atoms with E-state index in [1.807, 2.05) is 6.08 Å². The van der Waals surface area contributed by atoms with Crippen LogP contribution in [0.4, 0.5) is 4.39 Å². The summed E-state index contributed by atoms with van der Waals surface area (Å²) in [6.45, 7) is 0. The van der Waals surface area contributed by atoms with Crippen molar-refractivity contribution in [1.82, 2.24) is 0 Å². The van der Waals surface area contributed by atoms with Crippen molar-refractivity contribution < 1.29 is 9.50 Å². The number of phenols is 1. The average Bonchev–Trinajstić information content (AvgIpc) is 1.99. The van der Waals surface area contributed by atoms with Gasteiger partial charge in [-0.2, -0.15) is 0 Å². The summed E-state index contributed by atoms with van der Waals surface area (Å²) < 4.78 is 12.6. The molecule has 0 saturated carbocycles. The van der Waals surface area contributed by atoms with Crippen molar-refractivity contribution >= 4 is 22.0 Å². The summed E-state index contributed by atoms with van der Waals surface area (Å²) in [4.78, 5) is 0. The predicted molar refractivity (Wildman–Crippen MR) is 50.9 cm³/mol. The second-order valence-corrected chi connectivity index (χ2v) is 2.95. The van der Waals surface area contributed by atoms with Crippen LogP contribution >= 0.6 is 15.9 Å². The van der Waals surface area contributed by atoms with Gasteiger partial charge in [0.25, 0.3) is 0 Å². The van der Waals surface area contributed by atoms with Gasteiger partial charge in [0, 0.05) is 11.4 Å². The Labute approximate surface area is 78.7 Å². The molecule has 0 aliphatic carbocycles. The van der Waals surface area contributed by atoms with Crippen molar-refractivity contribution in [1.29, 1.82) is 0 Å². The molecule has 0 fully saturated rings. The van der Waals surface area contributed by atoms with Gasteiger partial charge in [-0.1, -0.05) is 28.1 Å². The highest BCUT2D eigenvalue weighted by Crippen LogP contribution is 2.15. The van der Waals surface area contributed by atoms with E-state index < -0.39 is 5.82 Å². The molecule has 0 aromatic heterocycles. The largest absolute Gasteiger partial charge is 0.508 e. The van der Waals surface area contributed by atoms with Gasteiger partial charge in [0.15, 0.2) is 0 Å². The maximum Gasteiger partial charge on any atom is 0.127 e. The van der Waals surface area contributed by atoms with E-state index in [0.717, 1.165) is 6.07 Å². The van der Waals surface area contributed by atoms with Gasteiger partial charge >= 0.3 is 0 Å². The molecule has 0 aliphatic heterocycles. The zero-order chi connectivity index (χ0) is 8.97. The van der Waals surface area contributed by atoms with E-state index in [1.54, 1.807) is 6.08 Å². The zero-order valence-electron chi connectivity index (χ0n) is 6.30. The first-order chi connectivity index (χ1) is 5.72. The molecule has 0 atom stereocenters. The Balaban J connectivity index is 2.93. The standard InChI is InChI=1S/C9H8BrFO/c10-3-1-2-7-4-8(11)6-9(12)5-7/h1-2,4-6,12H,3H2. The molecule has 0 unspecified atom stereocenters. The Kier molecular flexibility index (Phi) is 3.29. The number of hydrogen-bond donors (Lipinski definition) is 1. The molecule has 0 aliphatic rings. The van der Waals surface area contributed by atoms with Crippen molar-refractivity contribution in [3.05, 3.63) is 35.7 Å². The first kappa shape index (κ1) is 9.26. The van der Waals surface area contributed by atoms with E-state index in [-0.39, 0.29) is 5.75 Å². The summed E-state index contributed by atoms with van der Waals surface area (Å²) in [5.41, 5.74) is 0.659. The van der Waals surface area contributed by atoms with Gasteiger partial charge in [0.05, 0.1) is 0 Å². The van der Waals surface area contributed by atoms with E-state index in [2.05, 4.69) is 15.9 Å². The SMILES string of the molecule is Oc1cc(F)cc(C=CCBr)c1. The van der Waals surface area contributed by atoms with Crippen LogP contribution in [0.15, 0.2) is 24.3 Å². The number of alkyl halides is 1. The lowest BCUT2D eigenvalue weighted by Gasteiger charge is -1.95. The van der Waals surface area contributed by atoms with E-state index in [0.29, 0.717) is 10.9 Å². The Morgan fingerprint density at radius 1 is 1.42 bits per heavy atom. The van der Waals surface area contributed by atoms with Crippen LogP contribution < -0.4 is 0 Å². The highest BCUT2D eigenvalue weighted by molar-refractivity contribution is 9.09. The van der Waals surface area contributed by atoms with E-state index in [1.165, 1.54) is 12.1 Å². The maximum atomic E-state index is 12.6. The predicted octanol–water partition coefficient (Wildman–Crippen LogP) is 2.94. The van der Waals surface area contributed by atoms with Crippen molar-refractivity contribution in [2.45, 2.75) is 0 Å². The van der Waals surface area contributed by atoms with E-state index in [9.17, 15) is 4.39 Å². The Bertz CT molecular complexity index is 276. The Hall–Kier alpha value is -0.830. The Morgan fingerprint density at radius 3 is 2.75 bits per heavy atom. The Morgan fingerprint density at radius 2 is 2.17 bits per heavy atom. The van der Waals surface area contributed by atoms with E-state index >= 15 is 0 Å². The molecule has 1 nitrogen and oxygen atoms in total. The van der Waals surface area contributed by atoms with Gasteiger partial charge in [-0.3, -0.25) is 0 Å². The van der Waals surface area contributed by atoms with Crippen molar-refractivity contribution in [3.63, 3.8) is 0 Å². The molecule has 0 bridgehead atoms.